The van der Waals surface area contributed by atoms with Gasteiger partial charge in [0.2, 0.25) is 5.95 Å². The minimum atomic E-state index is -2.04. The highest BCUT2D eigenvalue weighted by Gasteiger charge is 2.44. The molecule has 1 aliphatic heterocycles. The van der Waals surface area contributed by atoms with Crippen LogP contribution < -0.4 is 10.1 Å². The molecular formula is C29H39BN7O3Si. The lowest BCUT2D eigenvalue weighted by molar-refractivity contribution is 0.189. The molecular weight excluding hydrogens is 533 g/mol. The maximum atomic E-state index is 11.5. The minimum absolute atomic E-state index is 0.0587. The predicted molar refractivity (Wildman–Crippen MR) is 165 cm³/mol. The van der Waals surface area contributed by atoms with Crippen molar-refractivity contribution in [2.45, 2.75) is 64.2 Å². The van der Waals surface area contributed by atoms with Gasteiger partial charge in [0.25, 0.3) is 0 Å². The molecule has 1 atom stereocenters. The van der Waals surface area contributed by atoms with Crippen LogP contribution in [0.15, 0.2) is 36.7 Å². The van der Waals surface area contributed by atoms with E-state index < -0.39 is 13.7 Å². The van der Waals surface area contributed by atoms with Crippen molar-refractivity contribution < 1.29 is 14.0 Å². The van der Waals surface area contributed by atoms with Crippen molar-refractivity contribution in [2.75, 3.05) is 37.0 Å². The summed E-state index contributed by atoms with van der Waals surface area (Å²) in [6.45, 7) is 15.7. The number of nitrogens with zero attached hydrogens (tertiary/aromatic N) is 6. The highest BCUT2D eigenvalue weighted by atomic mass is 28.4. The summed E-state index contributed by atoms with van der Waals surface area (Å²) in [6, 6.07) is 9.94. The summed E-state index contributed by atoms with van der Waals surface area (Å²) in [7, 11) is 1.14. The Morgan fingerprint density at radius 1 is 1.29 bits per heavy atom. The quantitative estimate of drug-likeness (QED) is 0.184. The summed E-state index contributed by atoms with van der Waals surface area (Å²) in [5, 5.41) is 17.9. The molecule has 0 saturated carbocycles. The Hall–Kier alpha value is -3.53. The van der Waals surface area contributed by atoms with Crippen LogP contribution in [0.4, 0.5) is 17.5 Å². The van der Waals surface area contributed by atoms with Gasteiger partial charge in [0, 0.05) is 68.5 Å². The van der Waals surface area contributed by atoms with E-state index in [1.165, 1.54) is 7.41 Å². The summed E-state index contributed by atoms with van der Waals surface area (Å²) >= 11 is 0. The lowest BCUT2D eigenvalue weighted by Gasteiger charge is -2.39. The Balaban J connectivity index is 1.66. The number of anilines is 3. The Labute approximate surface area is 244 Å². The normalized spacial score (nSPS) is 16.8. The van der Waals surface area contributed by atoms with Crippen molar-refractivity contribution in [1.82, 2.24) is 19.7 Å². The number of fused-ring (bicyclic) bond motifs is 1. The maximum absolute atomic E-state index is 11.5. The van der Waals surface area contributed by atoms with E-state index in [4.69, 9.17) is 14.1 Å². The van der Waals surface area contributed by atoms with Crippen molar-refractivity contribution in [3.05, 3.63) is 47.8 Å². The van der Waals surface area contributed by atoms with E-state index in [0.717, 1.165) is 36.0 Å². The number of aromatic nitrogens is 4. The van der Waals surface area contributed by atoms with Crippen LogP contribution in [-0.2, 0) is 25.9 Å². The van der Waals surface area contributed by atoms with E-state index in [9.17, 15) is 10.1 Å². The van der Waals surface area contributed by atoms with E-state index in [0.29, 0.717) is 42.8 Å². The topological polar surface area (TPSA) is 118 Å². The molecule has 4 rings (SSSR count). The number of hydrogen-bond acceptors (Lipinski definition) is 9. The number of nitriles is 1. The summed E-state index contributed by atoms with van der Waals surface area (Å²) in [5.41, 5.74) is 3.22. The largest absolute Gasteiger partial charge is 0.416 e. The van der Waals surface area contributed by atoms with Crippen LogP contribution in [0.2, 0.25) is 18.1 Å². The Morgan fingerprint density at radius 3 is 2.76 bits per heavy atom. The molecule has 215 valence electrons. The van der Waals surface area contributed by atoms with Gasteiger partial charge >= 0.3 is 7.41 Å². The molecule has 3 aromatic rings. The number of ether oxygens (including phenoxy) is 1. The van der Waals surface area contributed by atoms with Crippen LogP contribution in [0, 0.1) is 11.3 Å². The van der Waals surface area contributed by atoms with Crippen LogP contribution in [0.3, 0.4) is 0 Å². The van der Waals surface area contributed by atoms with Crippen molar-refractivity contribution in [2.24, 2.45) is 0 Å². The lowest BCUT2D eigenvalue weighted by Crippen LogP contribution is -2.46. The zero-order valence-electron chi connectivity index (χ0n) is 25.1. The van der Waals surface area contributed by atoms with Crippen LogP contribution in [-0.4, -0.2) is 68.5 Å². The monoisotopic (exact) mass is 572 g/mol. The van der Waals surface area contributed by atoms with Gasteiger partial charge in [-0.2, -0.15) is 10.4 Å². The molecule has 12 heteroatoms. The van der Waals surface area contributed by atoms with Gasteiger partial charge in [-0.25, -0.2) is 9.97 Å². The van der Waals surface area contributed by atoms with Gasteiger partial charge < -0.3 is 24.1 Å². The molecule has 1 unspecified atom stereocenters. The van der Waals surface area contributed by atoms with Crippen LogP contribution >= 0.6 is 0 Å². The standard InChI is InChI=1S/C29H39BN7O3Si/c1-28(2,3)41(6,7)40-19-29(4)18-37(30-20-38)26-22(17-31)15-21(16-23(26)29)24-9-11-32-27(33-24)34-25-10-13-36(35-25)12-8-14-39-5/h9-11,13,15-16,20H,8,12,14,18-19H2,1-7H3,(H,32,33,34,35). The first kappa shape index (κ1) is 30.4. The second-order valence-electron chi connectivity index (χ2n) is 12.3. The van der Waals surface area contributed by atoms with Crippen LogP contribution in [0.1, 0.15) is 45.2 Å². The fourth-order valence-corrected chi connectivity index (χ4v) is 5.79. The average Bonchev–Trinajstić information content (AvgIpc) is 3.49. The van der Waals surface area contributed by atoms with Gasteiger partial charge in [0.05, 0.1) is 11.3 Å². The van der Waals surface area contributed by atoms with Gasteiger partial charge in [-0.3, -0.25) is 4.68 Å². The fourth-order valence-electron chi connectivity index (χ4n) is 4.68. The summed E-state index contributed by atoms with van der Waals surface area (Å²) in [5.74, 6) is 1.05. The number of carbonyl (C=O) groups excluding carboxylic acids is 1. The highest BCUT2D eigenvalue weighted by molar-refractivity contribution is 6.74. The first-order chi connectivity index (χ1) is 19.4. The van der Waals surface area contributed by atoms with E-state index in [2.05, 4.69) is 68.3 Å². The van der Waals surface area contributed by atoms with Gasteiger partial charge in [-0.15, -0.1) is 0 Å². The lowest BCUT2D eigenvalue weighted by atomic mass is 9.83. The summed E-state index contributed by atoms with van der Waals surface area (Å²) < 4.78 is 13.6. The minimum Gasteiger partial charge on any atom is -0.416 e. The molecule has 1 aromatic carbocycles. The molecule has 0 bridgehead atoms. The molecule has 0 saturated heterocycles. The number of rotatable bonds is 12. The SMILES string of the molecule is COCCCn1ccc(Nc2nccc(-c3cc(C#N)c4c(c3)C(C)(CO[Si](C)(C)C(C)(C)C)CN4[B]C=O)n2)n1. The second kappa shape index (κ2) is 12.1. The molecule has 1 aliphatic rings. The fraction of sp³-hybridized carbons (Fsp3) is 0.483. The third kappa shape index (κ3) is 6.69. The van der Waals surface area contributed by atoms with E-state index in [1.54, 1.807) is 13.3 Å². The van der Waals surface area contributed by atoms with Crippen molar-refractivity contribution >= 4 is 39.4 Å². The number of carbonyl (C=O) groups is 1. The van der Waals surface area contributed by atoms with Gasteiger partial charge in [0.1, 0.15) is 12.3 Å². The molecule has 41 heavy (non-hydrogen) atoms. The van der Waals surface area contributed by atoms with Gasteiger partial charge in [-0.1, -0.05) is 27.7 Å². The molecule has 0 amide bonds. The van der Waals surface area contributed by atoms with Crippen LogP contribution in [0.25, 0.3) is 11.3 Å². The molecule has 10 nitrogen and oxygen atoms in total. The van der Waals surface area contributed by atoms with Crippen molar-refractivity contribution in [1.29, 1.82) is 5.26 Å². The summed E-state index contributed by atoms with van der Waals surface area (Å²) in [6.07, 6.45) is 5.22. The Kier molecular flexibility index (Phi) is 9.01. The molecule has 0 fully saturated rings. The zero-order chi connectivity index (χ0) is 29.8. The first-order valence-electron chi connectivity index (χ1n) is 13.8. The molecule has 1 radical (unpaired) electrons. The zero-order valence-corrected chi connectivity index (χ0v) is 26.1. The number of nitrogens with one attached hydrogen (secondary N) is 1. The molecule has 0 aliphatic carbocycles. The smallest absolute Gasteiger partial charge is 0.329 e. The molecule has 3 heterocycles. The number of methoxy groups -OCH3 is 1. The van der Waals surface area contributed by atoms with E-state index in [-0.39, 0.29) is 5.04 Å². The number of hydrogen-bond donors (Lipinski definition) is 1. The highest BCUT2D eigenvalue weighted by Crippen LogP contribution is 2.46. The maximum Gasteiger partial charge on any atom is 0.329 e. The summed E-state index contributed by atoms with van der Waals surface area (Å²) in [4.78, 5) is 22.5. The van der Waals surface area contributed by atoms with Gasteiger partial charge in [-0.05, 0) is 48.3 Å². The van der Waals surface area contributed by atoms with E-state index in [1.807, 2.05) is 33.9 Å². The third-order valence-corrected chi connectivity index (χ3v) is 12.5. The number of aryl methyl sites for hydroxylation is 1. The predicted octanol–water partition coefficient (Wildman–Crippen LogP) is 4.90. The molecule has 1 N–H and O–H groups in total. The molecule has 0 spiro atoms. The molecule has 2 aromatic heterocycles. The Morgan fingerprint density at radius 2 is 2.07 bits per heavy atom. The van der Waals surface area contributed by atoms with Crippen molar-refractivity contribution in [3.63, 3.8) is 0 Å². The third-order valence-electron chi connectivity index (χ3n) is 8.05. The first-order valence-corrected chi connectivity index (χ1v) is 16.7. The van der Waals surface area contributed by atoms with E-state index >= 15 is 0 Å². The van der Waals surface area contributed by atoms with Crippen molar-refractivity contribution in [3.8, 4) is 17.3 Å². The van der Waals surface area contributed by atoms with Crippen LogP contribution in [0.5, 0.6) is 0 Å². The number of benzene rings is 1. The second-order valence-corrected chi connectivity index (χ2v) is 17.1. The Bertz CT molecular complexity index is 1430. The van der Waals surface area contributed by atoms with Gasteiger partial charge in [0.15, 0.2) is 14.1 Å². The average molecular weight is 573 g/mol.